The zero-order valence-electron chi connectivity index (χ0n) is 16.9. The van der Waals surface area contributed by atoms with Crippen LogP contribution in [0.2, 0.25) is 0 Å². The van der Waals surface area contributed by atoms with E-state index in [1.54, 1.807) is 14.0 Å². The first-order valence-electron chi connectivity index (χ1n) is 9.34. The van der Waals surface area contributed by atoms with E-state index in [0.29, 0.717) is 48.9 Å². The second-order valence-corrected chi connectivity index (χ2v) is 6.60. The van der Waals surface area contributed by atoms with Gasteiger partial charge in [-0.25, -0.2) is 4.79 Å². The fourth-order valence-electron chi connectivity index (χ4n) is 3.06. The summed E-state index contributed by atoms with van der Waals surface area (Å²) in [6.45, 7) is 2.70. The molecule has 1 N–H and O–H groups in total. The summed E-state index contributed by atoms with van der Waals surface area (Å²) in [5.74, 6) is -0.272. The van der Waals surface area contributed by atoms with Crippen molar-refractivity contribution in [2.75, 3.05) is 34.0 Å². The van der Waals surface area contributed by atoms with E-state index in [-0.39, 0.29) is 42.1 Å². The predicted octanol–water partition coefficient (Wildman–Crippen LogP) is 2.57. The van der Waals surface area contributed by atoms with Crippen molar-refractivity contribution in [1.82, 2.24) is 0 Å². The fourth-order valence-corrected chi connectivity index (χ4v) is 3.06. The van der Waals surface area contributed by atoms with Crippen LogP contribution in [-0.4, -0.2) is 51.2 Å². The lowest BCUT2D eigenvalue weighted by Crippen LogP contribution is -2.13. The molecule has 158 valence electrons. The largest absolute Gasteiger partial charge is 0.504 e. The molecular weight excluding hydrogens is 380 g/mol. The minimum absolute atomic E-state index is 0.00531. The number of aryl methyl sites for hydroxylation is 1. The van der Waals surface area contributed by atoms with Gasteiger partial charge in [-0.3, -0.25) is 9.59 Å². The van der Waals surface area contributed by atoms with Crippen molar-refractivity contribution in [3.63, 3.8) is 0 Å². The lowest BCUT2D eigenvalue weighted by molar-refractivity contribution is -0.119. The van der Waals surface area contributed by atoms with Gasteiger partial charge in [-0.15, -0.1) is 0 Å². The number of phenolic OH excluding ortho intramolecular Hbond substituents is 1. The number of phenols is 1. The van der Waals surface area contributed by atoms with Gasteiger partial charge in [0, 0.05) is 44.6 Å². The summed E-state index contributed by atoms with van der Waals surface area (Å²) in [5.41, 5.74) is 0.158. The molecular formula is C21H26O8. The minimum Gasteiger partial charge on any atom is -0.504 e. The summed E-state index contributed by atoms with van der Waals surface area (Å²) in [6.07, 6.45) is 1.86. The van der Waals surface area contributed by atoms with Crippen LogP contribution in [0, 0.1) is 6.92 Å². The van der Waals surface area contributed by atoms with Gasteiger partial charge in [0.15, 0.2) is 23.4 Å². The Hall–Kier alpha value is -2.71. The first-order valence-corrected chi connectivity index (χ1v) is 9.34. The number of hydrogen-bond acceptors (Lipinski definition) is 8. The number of carbonyl (C=O) groups excluding carboxylic acids is 2. The van der Waals surface area contributed by atoms with Gasteiger partial charge in [0.05, 0.1) is 6.61 Å². The summed E-state index contributed by atoms with van der Waals surface area (Å²) in [7, 11) is 3.09. The molecule has 0 aliphatic rings. The molecule has 0 fully saturated rings. The van der Waals surface area contributed by atoms with E-state index in [2.05, 4.69) is 0 Å². The third kappa shape index (κ3) is 5.42. The minimum atomic E-state index is -0.629. The van der Waals surface area contributed by atoms with Crippen LogP contribution in [0.15, 0.2) is 15.3 Å². The number of ether oxygens (including phenoxy) is 3. The number of Topliss-reactive ketones (excluding diaryl/α,β-unsaturated/α-hetero) is 1. The molecule has 0 atom stereocenters. The van der Waals surface area contributed by atoms with Gasteiger partial charge in [0.25, 0.3) is 0 Å². The second-order valence-electron chi connectivity index (χ2n) is 6.60. The number of methoxy groups -OCH3 is 2. The van der Waals surface area contributed by atoms with E-state index in [9.17, 15) is 19.5 Å². The molecule has 0 aliphatic heterocycles. The lowest BCUT2D eigenvalue weighted by Gasteiger charge is -2.13. The molecule has 0 unspecified atom stereocenters. The Morgan fingerprint density at radius 1 is 1.17 bits per heavy atom. The highest BCUT2D eigenvalue weighted by molar-refractivity contribution is 6.00. The highest BCUT2D eigenvalue weighted by Gasteiger charge is 2.20. The molecule has 0 bridgehead atoms. The van der Waals surface area contributed by atoms with E-state index in [0.717, 1.165) is 0 Å². The maximum absolute atomic E-state index is 12.5. The Labute approximate surface area is 168 Å². The van der Waals surface area contributed by atoms with Crippen molar-refractivity contribution >= 4 is 23.0 Å². The zero-order chi connectivity index (χ0) is 21.4. The van der Waals surface area contributed by atoms with Crippen LogP contribution in [0.1, 0.15) is 40.7 Å². The van der Waals surface area contributed by atoms with E-state index >= 15 is 0 Å². The first kappa shape index (κ1) is 22.6. The number of hydrogen-bond donors (Lipinski definition) is 1. The van der Waals surface area contributed by atoms with Gasteiger partial charge in [0.2, 0.25) is 0 Å². The molecule has 1 aromatic carbocycles. The maximum atomic E-state index is 12.5. The number of aromatic hydroxyl groups is 1. The average Bonchev–Trinajstić information content (AvgIpc) is 2.69. The van der Waals surface area contributed by atoms with Crippen LogP contribution < -0.4 is 10.4 Å². The summed E-state index contributed by atoms with van der Waals surface area (Å²) in [6, 6.07) is 1.52. The van der Waals surface area contributed by atoms with Crippen LogP contribution in [0.5, 0.6) is 11.5 Å². The molecule has 0 aliphatic carbocycles. The molecule has 0 spiro atoms. The smallest absolute Gasteiger partial charge is 0.339 e. The van der Waals surface area contributed by atoms with Crippen LogP contribution in [0.4, 0.5) is 0 Å². The van der Waals surface area contributed by atoms with Crippen LogP contribution in [-0.2, 0) is 20.7 Å². The first-order chi connectivity index (χ1) is 13.9. The monoisotopic (exact) mass is 406 g/mol. The SMILES string of the molecule is COCCCC(=O)CCc1c(C)c2cc(OCCOC)c(O)c(C=O)c2oc1=O. The molecule has 8 heteroatoms. The molecule has 1 heterocycles. The summed E-state index contributed by atoms with van der Waals surface area (Å²) >= 11 is 0. The number of ketones is 1. The zero-order valence-corrected chi connectivity index (χ0v) is 16.9. The molecule has 2 rings (SSSR count). The van der Waals surface area contributed by atoms with E-state index in [1.165, 1.54) is 13.2 Å². The van der Waals surface area contributed by atoms with Crippen molar-refractivity contribution in [3.05, 3.63) is 33.2 Å². The Morgan fingerprint density at radius 3 is 2.55 bits per heavy atom. The normalized spacial score (nSPS) is 11.0. The summed E-state index contributed by atoms with van der Waals surface area (Å²) in [5, 5.41) is 10.8. The van der Waals surface area contributed by atoms with Gasteiger partial charge in [-0.05, 0) is 31.4 Å². The standard InChI is InChI=1S/C21H26O8/c1-13-15(7-6-14(23)5-4-8-26-2)21(25)29-20-16(13)11-18(28-10-9-27-3)19(24)17(20)12-22/h11-12,24H,4-10H2,1-3H3. The topological polar surface area (TPSA) is 112 Å². The third-order valence-corrected chi connectivity index (χ3v) is 4.67. The van der Waals surface area contributed by atoms with Gasteiger partial charge in [0.1, 0.15) is 18.0 Å². The Kier molecular flexibility index (Phi) is 8.35. The number of carbonyl (C=O) groups is 2. The molecule has 2 aromatic rings. The molecule has 8 nitrogen and oxygen atoms in total. The Morgan fingerprint density at radius 2 is 1.90 bits per heavy atom. The van der Waals surface area contributed by atoms with Gasteiger partial charge in [-0.1, -0.05) is 0 Å². The van der Waals surface area contributed by atoms with Crippen molar-refractivity contribution in [1.29, 1.82) is 0 Å². The predicted molar refractivity (Wildman–Crippen MR) is 106 cm³/mol. The molecule has 29 heavy (non-hydrogen) atoms. The molecule has 0 radical (unpaired) electrons. The molecule has 1 aromatic heterocycles. The van der Waals surface area contributed by atoms with Crippen LogP contribution >= 0.6 is 0 Å². The van der Waals surface area contributed by atoms with Crippen LogP contribution in [0.3, 0.4) is 0 Å². The highest BCUT2D eigenvalue weighted by Crippen LogP contribution is 2.37. The van der Waals surface area contributed by atoms with E-state index in [1.807, 2.05) is 0 Å². The quantitative estimate of drug-likeness (QED) is 0.325. The average molecular weight is 406 g/mol. The molecule has 0 amide bonds. The summed E-state index contributed by atoms with van der Waals surface area (Å²) in [4.78, 5) is 36.0. The Bertz CT molecular complexity index is 929. The van der Waals surface area contributed by atoms with Gasteiger partial charge >= 0.3 is 5.63 Å². The second kappa shape index (κ2) is 10.7. The number of rotatable bonds is 12. The summed E-state index contributed by atoms with van der Waals surface area (Å²) < 4.78 is 20.7. The lowest BCUT2D eigenvalue weighted by atomic mass is 9.98. The third-order valence-electron chi connectivity index (χ3n) is 4.67. The number of fused-ring (bicyclic) bond motifs is 1. The Balaban J connectivity index is 2.38. The molecule has 0 saturated carbocycles. The van der Waals surface area contributed by atoms with Crippen molar-refractivity contribution in [2.45, 2.75) is 32.6 Å². The van der Waals surface area contributed by atoms with Crippen molar-refractivity contribution in [3.8, 4) is 11.5 Å². The van der Waals surface area contributed by atoms with Crippen LogP contribution in [0.25, 0.3) is 11.0 Å². The van der Waals surface area contributed by atoms with Crippen molar-refractivity contribution < 1.29 is 33.3 Å². The van der Waals surface area contributed by atoms with E-state index in [4.69, 9.17) is 18.6 Å². The molecule has 0 saturated heterocycles. The van der Waals surface area contributed by atoms with Gasteiger partial charge in [-0.2, -0.15) is 0 Å². The fraction of sp³-hybridized carbons (Fsp3) is 0.476. The van der Waals surface area contributed by atoms with Gasteiger partial charge < -0.3 is 23.7 Å². The maximum Gasteiger partial charge on any atom is 0.339 e. The van der Waals surface area contributed by atoms with Crippen molar-refractivity contribution in [2.24, 2.45) is 0 Å². The number of aldehydes is 1. The highest BCUT2D eigenvalue weighted by atomic mass is 16.5. The van der Waals surface area contributed by atoms with E-state index < -0.39 is 11.4 Å². The number of benzene rings is 1.